The molecule has 1 aliphatic rings. The Balaban J connectivity index is 1.39. The maximum absolute atomic E-state index is 14.5. The van der Waals surface area contributed by atoms with Gasteiger partial charge in [-0.3, -0.25) is 9.88 Å². The van der Waals surface area contributed by atoms with Crippen molar-refractivity contribution in [2.24, 2.45) is 0 Å². The third kappa shape index (κ3) is 4.57. The van der Waals surface area contributed by atoms with Crippen LogP contribution in [0.2, 0.25) is 0 Å². The van der Waals surface area contributed by atoms with E-state index in [1.54, 1.807) is 6.07 Å². The molecule has 0 bridgehead atoms. The molecule has 1 aliphatic heterocycles. The normalized spacial score (nSPS) is 18.1. The first-order valence-corrected chi connectivity index (χ1v) is 10.6. The maximum atomic E-state index is 14.5. The SMILES string of the molecule is Cc1cc(CO[C@H]2CCCN(Cc3cc4nc(C)sc4cc3F)C2)cc(C)n1. The molecule has 1 saturated heterocycles. The number of hydrogen-bond acceptors (Lipinski definition) is 5. The highest BCUT2D eigenvalue weighted by Gasteiger charge is 2.22. The molecule has 4 rings (SSSR count). The summed E-state index contributed by atoms with van der Waals surface area (Å²) in [5.41, 5.74) is 4.82. The van der Waals surface area contributed by atoms with E-state index < -0.39 is 0 Å². The highest BCUT2D eigenvalue weighted by molar-refractivity contribution is 7.18. The number of thiazole rings is 1. The topological polar surface area (TPSA) is 38.2 Å². The molecular weight excluding hydrogens is 373 g/mol. The van der Waals surface area contributed by atoms with Gasteiger partial charge >= 0.3 is 0 Å². The molecule has 4 nitrogen and oxygen atoms in total. The average molecular weight is 400 g/mol. The standard InChI is InChI=1S/C22H26FN3OS/c1-14-7-17(8-15(2)24-14)13-27-19-5-4-6-26(12-19)11-18-9-21-22(10-20(18)23)28-16(3)25-21/h7-10,19H,4-6,11-13H2,1-3H3/t19-/m0/s1. The van der Waals surface area contributed by atoms with Gasteiger partial charge in [-0.25, -0.2) is 9.37 Å². The van der Waals surface area contributed by atoms with Crippen LogP contribution in [0.25, 0.3) is 10.2 Å². The molecule has 148 valence electrons. The van der Waals surface area contributed by atoms with Gasteiger partial charge in [-0.2, -0.15) is 0 Å². The smallest absolute Gasteiger partial charge is 0.129 e. The van der Waals surface area contributed by atoms with Crippen LogP contribution in [0.15, 0.2) is 24.3 Å². The molecule has 6 heteroatoms. The highest BCUT2D eigenvalue weighted by Crippen LogP contribution is 2.26. The van der Waals surface area contributed by atoms with Crippen LogP contribution in [-0.2, 0) is 17.9 Å². The van der Waals surface area contributed by atoms with Crippen molar-refractivity contribution in [3.05, 3.63) is 57.6 Å². The third-order valence-corrected chi connectivity index (χ3v) is 6.08. The van der Waals surface area contributed by atoms with E-state index in [2.05, 4.69) is 27.0 Å². The Morgan fingerprint density at radius 3 is 2.71 bits per heavy atom. The summed E-state index contributed by atoms with van der Waals surface area (Å²) in [5.74, 6) is -0.137. The Bertz CT molecular complexity index is 967. The quantitative estimate of drug-likeness (QED) is 0.609. The van der Waals surface area contributed by atoms with Crippen LogP contribution < -0.4 is 0 Å². The van der Waals surface area contributed by atoms with Gasteiger partial charge in [0.15, 0.2) is 0 Å². The molecule has 3 aromatic rings. The fourth-order valence-electron chi connectivity index (χ4n) is 3.98. The number of hydrogen-bond donors (Lipinski definition) is 0. The van der Waals surface area contributed by atoms with Crippen molar-refractivity contribution >= 4 is 21.6 Å². The summed E-state index contributed by atoms with van der Waals surface area (Å²) in [6.07, 6.45) is 2.29. The Morgan fingerprint density at radius 1 is 1.14 bits per heavy atom. The summed E-state index contributed by atoms with van der Waals surface area (Å²) >= 11 is 1.54. The zero-order chi connectivity index (χ0) is 19.7. The predicted molar refractivity (Wildman–Crippen MR) is 111 cm³/mol. The summed E-state index contributed by atoms with van der Waals surface area (Å²) in [7, 11) is 0. The van der Waals surface area contributed by atoms with Crippen molar-refractivity contribution in [1.82, 2.24) is 14.9 Å². The first kappa shape index (κ1) is 19.4. The van der Waals surface area contributed by atoms with Crippen LogP contribution in [0.4, 0.5) is 4.39 Å². The summed E-state index contributed by atoms with van der Waals surface area (Å²) in [6, 6.07) is 7.69. The Labute approximate surface area is 169 Å². The summed E-state index contributed by atoms with van der Waals surface area (Å²) in [4.78, 5) is 11.2. The third-order valence-electron chi connectivity index (χ3n) is 5.15. The van der Waals surface area contributed by atoms with Gasteiger partial charge in [-0.05, 0) is 70.0 Å². The second-order valence-electron chi connectivity index (χ2n) is 7.71. The number of aromatic nitrogens is 2. The number of piperidine rings is 1. The lowest BCUT2D eigenvalue weighted by molar-refractivity contribution is -0.0123. The van der Waals surface area contributed by atoms with Crippen LogP contribution >= 0.6 is 11.3 Å². The van der Waals surface area contributed by atoms with Gasteiger partial charge in [0.1, 0.15) is 5.82 Å². The Morgan fingerprint density at radius 2 is 1.93 bits per heavy atom. The number of likely N-dealkylation sites (tertiary alicyclic amines) is 1. The summed E-state index contributed by atoms with van der Waals surface area (Å²) in [5, 5.41) is 0.972. The monoisotopic (exact) mass is 399 g/mol. The molecule has 2 aromatic heterocycles. The molecule has 0 radical (unpaired) electrons. The van der Waals surface area contributed by atoms with E-state index in [9.17, 15) is 4.39 Å². The van der Waals surface area contributed by atoms with Gasteiger partial charge < -0.3 is 4.74 Å². The first-order valence-electron chi connectivity index (χ1n) is 9.80. The van der Waals surface area contributed by atoms with Gasteiger partial charge in [0.2, 0.25) is 0 Å². The average Bonchev–Trinajstić information content (AvgIpc) is 2.99. The number of pyridine rings is 1. The van der Waals surface area contributed by atoms with Crippen LogP contribution in [0, 0.1) is 26.6 Å². The summed E-state index contributed by atoms with van der Waals surface area (Å²) < 4.78 is 21.6. The van der Waals surface area contributed by atoms with Crippen molar-refractivity contribution in [3.8, 4) is 0 Å². The molecule has 0 saturated carbocycles. The number of halogens is 1. The number of rotatable bonds is 5. The van der Waals surface area contributed by atoms with Gasteiger partial charge in [-0.15, -0.1) is 11.3 Å². The van der Waals surface area contributed by atoms with Gasteiger partial charge in [0, 0.05) is 30.0 Å². The minimum atomic E-state index is -0.137. The first-order chi connectivity index (χ1) is 13.5. The molecule has 0 unspecified atom stereocenters. The van der Waals surface area contributed by atoms with Crippen LogP contribution in [0.1, 0.15) is 40.4 Å². The van der Waals surface area contributed by atoms with E-state index in [4.69, 9.17) is 4.74 Å². The zero-order valence-corrected chi connectivity index (χ0v) is 17.5. The van der Waals surface area contributed by atoms with Crippen LogP contribution in [-0.4, -0.2) is 34.1 Å². The van der Waals surface area contributed by atoms with E-state index in [0.717, 1.165) is 63.7 Å². The van der Waals surface area contributed by atoms with Crippen molar-refractivity contribution in [3.63, 3.8) is 0 Å². The number of fused-ring (bicyclic) bond motifs is 1. The second-order valence-corrected chi connectivity index (χ2v) is 8.95. The minimum absolute atomic E-state index is 0.137. The number of benzene rings is 1. The lowest BCUT2D eigenvalue weighted by Gasteiger charge is -2.32. The molecule has 1 atom stereocenters. The molecule has 0 N–H and O–H groups in total. The largest absolute Gasteiger partial charge is 0.372 e. The molecule has 3 heterocycles. The summed E-state index contributed by atoms with van der Waals surface area (Å²) in [6.45, 7) is 8.98. The van der Waals surface area contributed by atoms with E-state index in [-0.39, 0.29) is 11.9 Å². The van der Waals surface area contributed by atoms with Gasteiger partial charge in [0.05, 0.1) is 27.9 Å². The highest BCUT2D eigenvalue weighted by atomic mass is 32.1. The van der Waals surface area contributed by atoms with Crippen LogP contribution in [0.3, 0.4) is 0 Å². The lowest BCUT2D eigenvalue weighted by atomic mass is 10.1. The fourth-order valence-corrected chi connectivity index (χ4v) is 4.81. The number of aryl methyl sites for hydroxylation is 3. The molecule has 28 heavy (non-hydrogen) atoms. The van der Waals surface area contributed by atoms with Gasteiger partial charge in [0.25, 0.3) is 0 Å². The second kappa shape index (κ2) is 8.23. The van der Waals surface area contributed by atoms with E-state index in [0.29, 0.717) is 13.2 Å². The molecule has 1 fully saturated rings. The fraction of sp³-hybridized carbons (Fsp3) is 0.455. The maximum Gasteiger partial charge on any atom is 0.129 e. The van der Waals surface area contributed by atoms with E-state index >= 15 is 0 Å². The zero-order valence-electron chi connectivity index (χ0n) is 16.7. The molecule has 1 aromatic carbocycles. The Kier molecular flexibility index (Phi) is 5.71. The van der Waals surface area contributed by atoms with E-state index in [1.165, 1.54) is 11.3 Å². The Hall–Kier alpha value is -1.89. The molecule has 0 amide bonds. The molecular formula is C22H26FN3OS. The molecule has 0 spiro atoms. The number of nitrogens with zero attached hydrogens (tertiary/aromatic N) is 3. The van der Waals surface area contributed by atoms with Crippen molar-refractivity contribution < 1.29 is 9.13 Å². The van der Waals surface area contributed by atoms with E-state index in [1.807, 2.05) is 26.8 Å². The molecule has 0 aliphatic carbocycles. The van der Waals surface area contributed by atoms with Crippen molar-refractivity contribution in [1.29, 1.82) is 0 Å². The van der Waals surface area contributed by atoms with Crippen molar-refractivity contribution in [2.45, 2.75) is 52.9 Å². The van der Waals surface area contributed by atoms with Crippen molar-refractivity contribution in [2.75, 3.05) is 13.1 Å². The minimum Gasteiger partial charge on any atom is -0.372 e. The lowest BCUT2D eigenvalue weighted by Crippen LogP contribution is -2.39. The van der Waals surface area contributed by atoms with Gasteiger partial charge in [-0.1, -0.05) is 0 Å². The van der Waals surface area contributed by atoms with Crippen LogP contribution in [0.5, 0.6) is 0 Å². The number of ether oxygens (including phenoxy) is 1. The predicted octanol–water partition coefficient (Wildman–Crippen LogP) is 4.94.